The molecule has 1 atom stereocenters. The first-order valence-electron chi connectivity index (χ1n) is 11.8. The summed E-state index contributed by atoms with van der Waals surface area (Å²) >= 11 is 19.8. The Morgan fingerprint density at radius 1 is 1.00 bits per heavy atom. The van der Waals surface area contributed by atoms with E-state index in [9.17, 15) is 14.9 Å². The number of dihydropyridines is 1. The number of hydrogen-bond acceptors (Lipinski definition) is 6. The molecular weight excluding hydrogens is 577 g/mol. The number of halogens is 3. The van der Waals surface area contributed by atoms with Gasteiger partial charge in [0.1, 0.15) is 0 Å². The molecule has 0 saturated carbocycles. The number of carbonyl (C=O) groups is 2. The summed E-state index contributed by atoms with van der Waals surface area (Å²) in [5.74, 6) is -1.73. The molecule has 198 valence electrons. The summed E-state index contributed by atoms with van der Waals surface area (Å²) in [4.78, 5) is 26.2. The maximum Gasteiger partial charge on any atom is 0.337 e. The second-order valence-electron chi connectivity index (χ2n) is 8.28. The van der Waals surface area contributed by atoms with E-state index < -0.39 is 11.9 Å². The highest BCUT2D eigenvalue weighted by atomic mass is 35.5. The Kier molecular flexibility index (Phi) is 9.60. The van der Waals surface area contributed by atoms with E-state index >= 15 is 0 Å². The highest BCUT2D eigenvalue weighted by Gasteiger charge is 2.38. The summed E-state index contributed by atoms with van der Waals surface area (Å²) in [6.45, 7) is 1.87. The number of rotatable bonds is 8. The number of esters is 1. The molecule has 0 spiro atoms. The molecule has 0 fully saturated rings. The second-order valence-corrected chi connectivity index (χ2v) is 10.5. The molecule has 0 unspecified atom stereocenters. The van der Waals surface area contributed by atoms with Crippen LogP contribution in [0, 0.1) is 11.3 Å². The van der Waals surface area contributed by atoms with Crippen molar-refractivity contribution in [2.75, 3.05) is 17.7 Å². The number of carbonyl (C=O) groups excluding carboxylic acids is 2. The molecule has 2 N–H and O–H groups in total. The fraction of sp³-hybridized carbons (Fsp3) is 0.138. The first-order valence-corrected chi connectivity index (χ1v) is 14.0. The van der Waals surface area contributed by atoms with Crippen LogP contribution in [0.2, 0.25) is 15.1 Å². The van der Waals surface area contributed by atoms with Crippen LogP contribution in [-0.4, -0.2) is 24.2 Å². The monoisotopic (exact) mass is 597 g/mol. The zero-order valence-corrected chi connectivity index (χ0v) is 23.7. The van der Waals surface area contributed by atoms with Crippen LogP contribution in [-0.2, 0) is 14.3 Å². The third-order valence-electron chi connectivity index (χ3n) is 5.78. The first kappa shape index (κ1) is 28.6. The molecule has 0 bridgehead atoms. The average Bonchev–Trinajstić information content (AvgIpc) is 2.94. The van der Waals surface area contributed by atoms with Gasteiger partial charge >= 0.3 is 5.97 Å². The molecule has 39 heavy (non-hydrogen) atoms. The molecule has 3 aromatic carbocycles. The Labute approximate surface area is 245 Å². The number of anilines is 1. The summed E-state index contributed by atoms with van der Waals surface area (Å²) in [6, 6.07) is 23.3. The summed E-state index contributed by atoms with van der Waals surface area (Å²) < 4.78 is 5.43. The van der Waals surface area contributed by atoms with Gasteiger partial charge in [-0.1, -0.05) is 95.1 Å². The lowest BCUT2D eigenvalue weighted by molar-refractivity contribution is -0.138. The number of benzene rings is 3. The van der Waals surface area contributed by atoms with Gasteiger partial charge in [-0.15, -0.1) is 0 Å². The third-order valence-corrected chi connectivity index (χ3v) is 7.88. The van der Waals surface area contributed by atoms with Crippen molar-refractivity contribution < 1.29 is 14.3 Å². The Hall–Kier alpha value is -3.41. The summed E-state index contributed by atoms with van der Waals surface area (Å²) in [7, 11) is 0. The van der Waals surface area contributed by atoms with E-state index in [0.717, 1.165) is 11.8 Å². The smallest absolute Gasteiger partial charge is 0.337 e. The van der Waals surface area contributed by atoms with Gasteiger partial charge in [-0.3, -0.25) is 4.79 Å². The van der Waals surface area contributed by atoms with Gasteiger partial charge < -0.3 is 15.4 Å². The van der Waals surface area contributed by atoms with Crippen molar-refractivity contribution in [3.05, 3.63) is 115 Å². The molecule has 10 heteroatoms. The van der Waals surface area contributed by atoms with Crippen molar-refractivity contribution in [1.82, 2.24) is 5.32 Å². The van der Waals surface area contributed by atoms with Crippen LogP contribution in [0.4, 0.5) is 5.69 Å². The highest BCUT2D eigenvalue weighted by molar-refractivity contribution is 8.03. The van der Waals surface area contributed by atoms with Gasteiger partial charge in [-0.2, -0.15) is 5.26 Å². The zero-order chi connectivity index (χ0) is 27.9. The van der Waals surface area contributed by atoms with Crippen molar-refractivity contribution in [3.8, 4) is 6.07 Å². The van der Waals surface area contributed by atoms with Crippen LogP contribution >= 0.6 is 46.6 Å². The Morgan fingerprint density at radius 2 is 1.72 bits per heavy atom. The molecule has 6 nitrogen and oxygen atoms in total. The largest absolute Gasteiger partial charge is 0.463 e. The van der Waals surface area contributed by atoms with Gasteiger partial charge in [0.05, 0.1) is 56.3 Å². The number of nitriles is 1. The SMILES string of the molecule is CCOC(=O)C1=C(c2ccccc2)NC(SCC(=O)Nc2ccc(Cl)c(Cl)c2)=C(C#N)[C@H]1c1ccccc1Cl. The van der Waals surface area contributed by atoms with E-state index in [0.29, 0.717) is 42.6 Å². The number of hydrogen-bond donors (Lipinski definition) is 2. The normalized spacial score (nSPS) is 14.9. The molecule has 0 aromatic heterocycles. The molecule has 4 rings (SSSR count). The minimum absolute atomic E-state index is 0.0280. The van der Waals surface area contributed by atoms with Gasteiger partial charge in [0.25, 0.3) is 0 Å². The summed E-state index contributed by atoms with van der Waals surface area (Å²) in [6.07, 6.45) is 0. The summed E-state index contributed by atoms with van der Waals surface area (Å²) in [5.41, 5.74) is 2.77. The topological polar surface area (TPSA) is 91.2 Å². The Bertz CT molecular complexity index is 1520. The van der Waals surface area contributed by atoms with Gasteiger partial charge in [-0.05, 0) is 42.3 Å². The van der Waals surface area contributed by atoms with Crippen LogP contribution in [0.5, 0.6) is 0 Å². The van der Waals surface area contributed by atoms with Crippen LogP contribution in [0.3, 0.4) is 0 Å². The number of allylic oxidation sites excluding steroid dienone is 1. The quantitative estimate of drug-likeness (QED) is 0.262. The molecule has 1 aliphatic rings. The van der Waals surface area contributed by atoms with Gasteiger partial charge in [0.15, 0.2) is 0 Å². The van der Waals surface area contributed by atoms with E-state index in [1.165, 1.54) is 0 Å². The van der Waals surface area contributed by atoms with E-state index in [-0.39, 0.29) is 29.4 Å². The van der Waals surface area contributed by atoms with Crippen LogP contribution in [0.15, 0.2) is 89.0 Å². The molecular formula is C29H22Cl3N3O3S. The average molecular weight is 599 g/mol. The third kappa shape index (κ3) is 6.60. The van der Waals surface area contributed by atoms with E-state index in [1.54, 1.807) is 49.4 Å². The van der Waals surface area contributed by atoms with Crippen LogP contribution in [0.25, 0.3) is 5.70 Å². The van der Waals surface area contributed by atoms with Crippen molar-refractivity contribution in [2.24, 2.45) is 0 Å². The Morgan fingerprint density at radius 3 is 2.38 bits per heavy atom. The van der Waals surface area contributed by atoms with Crippen molar-refractivity contribution in [3.63, 3.8) is 0 Å². The van der Waals surface area contributed by atoms with E-state index in [2.05, 4.69) is 16.7 Å². The lowest BCUT2D eigenvalue weighted by Crippen LogP contribution is -2.30. The maximum atomic E-state index is 13.4. The number of nitrogens with zero attached hydrogens (tertiary/aromatic N) is 1. The summed E-state index contributed by atoms with van der Waals surface area (Å²) in [5, 5.41) is 17.9. The fourth-order valence-corrected chi connectivity index (χ4v) is 5.47. The van der Waals surface area contributed by atoms with Gasteiger partial charge in [0.2, 0.25) is 5.91 Å². The molecule has 0 saturated heterocycles. The lowest BCUT2D eigenvalue weighted by Gasteiger charge is -2.31. The number of thioether (sulfide) groups is 1. The predicted octanol–water partition coefficient (Wildman–Crippen LogP) is 7.42. The number of amides is 1. The second kappa shape index (κ2) is 13.1. The van der Waals surface area contributed by atoms with E-state index in [1.807, 2.05) is 30.3 Å². The van der Waals surface area contributed by atoms with Crippen molar-refractivity contribution in [1.29, 1.82) is 5.26 Å². The molecule has 0 radical (unpaired) electrons. The van der Waals surface area contributed by atoms with Crippen molar-refractivity contribution >= 4 is 69.8 Å². The molecule has 3 aromatic rings. The Balaban J connectivity index is 1.76. The standard InChI is InChI=1S/C29H22Cl3N3O3S/c1-2-38-29(37)26-25(19-10-6-7-11-21(19)30)20(15-33)28(35-27(26)17-8-4-3-5-9-17)39-16-24(36)34-18-12-13-22(31)23(32)14-18/h3-14,25,35H,2,16H2,1H3,(H,34,36)/t25-/m1/s1. The minimum Gasteiger partial charge on any atom is -0.463 e. The molecule has 1 aliphatic heterocycles. The highest BCUT2D eigenvalue weighted by Crippen LogP contribution is 2.45. The maximum absolute atomic E-state index is 13.4. The van der Waals surface area contributed by atoms with Crippen LogP contribution in [0.1, 0.15) is 24.0 Å². The van der Waals surface area contributed by atoms with Gasteiger partial charge in [-0.25, -0.2) is 4.79 Å². The van der Waals surface area contributed by atoms with Gasteiger partial charge in [0, 0.05) is 10.7 Å². The predicted molar refractivity (Wildman–Crippen MR) is 158 cm³/mol. The fourth-order valence-electron chi connectivity index (χ4n) is 4.09. The minimum atomic E-state index is -0.820. The molecule has 1 amide bonds. The zero-order valence-electron chi connectivity index (χ0n) is 20.6. The molecule has 0 aliphatic carbocycles. The first-order chi connectivity index (χ1) is 18.8. The van der Waals surface area contributed by atoms with Crippen LogP contribution < -0.4 is 10.6 Å². The molecule has 1 heterocycles. The van der Waals surface area contributed by atoms with Crippen molar-refractivity contribution in [2.45, 2.75) is 12.8 Å². The number of ether oxygens (including phenoxy) is 1. The lowest BCUT2D eigenvalue weighted by atomic mass is 9.81. The van der Waals surface area contributed by atoms with E-state index in [4.69, 9.17) is 39.5 Å². The number of nitrogens with one attached hydrogen (secondary N) is 2.